The van der Waals surface area contributed by atoms with E-state index in [-0.39, 0.29) is 28.8 Å². The van der Waals surface area contributed by atoms with Gasteiger partial charge in [-0.3, -0.25) is 18.7 Å². The van der Waals surface area contributed by atoms with Crippen LogP contribution >= 0.6 is 11.8 Å². The summed E-state index contributed by atoms with van der Waals surface area (Å²) < 4.78 is 17.8. The third-order valence-corrected chi connectivity index (χ3v) is 5.23. The van der Waals surface area contributed by atoms with Gasteiger partial charge in [-0.2, -0.15) is 0 Å². The molecule has 0 aliphatic rings. The molecule has 0 bridgehead atoms. The first kappa shape index (κ1) is 19.1. The Morgan fingerprint density at radius 1 is 1.19 bits per heavy atom. The first-order chi connectivity index (χ1) is 12.7. The van der Waals surface area contributed by atoms with Crippen LogP contribution in [0.3, 0.4) is 0 Å². The average Bonchev–Trinajstić information content (AvgIpc) is 3.03. The van der Waals surface area contributed by atoms with Crippen LogP contribution in [-0.4, -0.2) is 30.2 Å². The van der Waals surface area contributed by atoms with Crippen molar-refractivity contribution in [3.63, 3.8) is 0 Å². The molecule has 0 amide bonds. The maximum atomic E-state index is 13.8. The zero-order valence-electron chi connectivity index (χ0n) is 15.4. The van der Waals surface area contributed by atoms with Gasteiger partial charge in [-0.1, -0.05) is 23.9 Å². The molecule has 0 aliphatic heterocycles. The first-order valence-electron chi connectivity index (χ1n) is 8.32. The number of halogens is 1. The summed E-state index contributed by atoms with van der Waals surface area (Å²) in [6.45, 7) is 3.77. The zero-order valence-corrected chi connectivity index (χ0v) is 16.2. The van der Waals surface area contributed by atoms with E-state index in [0.717, 1.165) is 16.3 Å². The van der Waals surface area contributed by atoms with Gasteiger partial charge in [0.05, 0.1) is 11.3 Å². The third-order valence-electron chi connectivity index (χ3n) is 4.28. The molecule has 1 aromatic carbocycles. The molecule has 0 saturated heterocycles. The molecule has 7 nitrogen and oxygen atoms in total. The molecular formula is C18H19FN4O3S. The number of fused-ring (bicyclic) bond motifs is 1. The number of benzene rings is 1. The fraction of sp³-hybridized carbons (Fsp3) is 0.333. The monoisotopic (exact) mass is 390 g/mol. The highest BCUT2D eigenvalue weighted by molar-refractivity contribution is 7.99. The summed E-state index contributed by atoms with van der Waals surface area (Å²) in [5, 5.41) is 0.433. The predicted molar refractivity (Wildman–Crippen MR) is 102 cm³/mol. The molecule has 27 heavy (non-hydrogen) atoms. The van der Waals surface area contributed by atoms with E-state index in [9.17, 15) is 18.8 Å². The Kier molecular flexibility index (Phi) is 5.05. The van der Waals surface area contributed by atoms with Gasteiger partial charge in [0.15, 0.2) is 22.1 Å². The molecule has 9 heteroatoms. The molecule has 0 N–H and O–H groups in total. The lowest BCUT2D eigenvalue weighted by atomic mass is 10.1. The summed E-state index contributed by atoms with van der Waals surface area (Å²) in [4.78, 5) is 41.5. The smallest absolute Gasteiger partial charge is 0.311 e. The minimum atomic E-state index is -0.572. The maximum absolute atomic E-state index is 13.8. The van der Waals surface area contributed by atoms with Gasteiger partial charge in [0.2, 0.25) is 0 Å². The number of carbonyl (C=O) groups excluding carboxylic acids is 1. The molecule has 3 rings (SSSR count). The van der Waals surface area contributed by atoms with Crippen molar-refractivity contribution in [2.45, 2.75) is 25.0 Å². The summed E-state index contributed by atoms with van der Waals surface area (Å²) in [5.41, 5.74) is -0.338. The highest BCUT2D eigenvalue weighted by Crippen LogP contribution is 2.26. The number of ketones is 1. The Hall–Kier alpha value is -2.68. The van der Waals surface area contributed by atoms with E-state index in [0.29, 0.717) is 10.7 Å². The Labute approximate surface area is 158 Å². The molecule has 0 unspecified atom stereocenters. The molecule has 3 aromatic rings. The summed E-state index contributed by atoms with van der Waals surface area (Å²) in [6, 6.07) is 5.67. The number of nitrogens with zero attached hydrogens (tertiary/aromatic N) is 4. The van der Waals surface area contributed by atoms with Crippen LogP contribution in [0.1, 0.15) is 30.2 Å². The van der Waals surface area contributed by atoms with Gasteiger partial charge in [-0.05, 0) is 26.0 Å². The van der Waals surface area contributed by atoms with Gasteiger partial charge < -0.3 is 4.57 Å². The number of aromatic nitrogens is 4. The van der Waals surface area contributed by atoms with E-state index >= 15 is 0 Å². The number of thioether (sulfide) groups is 1. The van der Waals surface area contributed by atoms with Crippen molar-refractivity contribution in [2.75, 3.05) is 5.75 Å². The Bertz CT molecular complexity index is 1160. The Morgan fingerprint density at radius 3 is 2.48 bits per heavy atom. The summed E-state index contributed by atoms with van der Waals surface area (Å²) >= 11 is 1.11. The number of Topliss-reactive ketones (excluding diaryl/α,β-unsaturated/α-hetero) is 1. The first-order valence-corrected chi connectivity index (χ1v) is 9.31. The normalized spacial score (nSPS) is 11.5. The fourth-order valence-electron chi connectivity index (χ4n) is 2.87. The molecule has 142 valence electrons. The van der Waals surface area contributed by atoms with Crippen LogP contribution in [0.5, 0.6) is 0 Å². The molecule has 2 heterocycles. The second-order valence-corrected chi connectivity index (χ2v) is 7.37. The highest BCUT2D eigenvalue weighted by Gasteiger charge is 2.22. The quantitative estimate of drug-likeness (QED) is 0.493. The number of rotatable bonds is 5. The minimum absolute atomic E-state index is 0.0144. The number of hydrogen-bond donors (Lipinski definition) is 0. The van der Waals surface area contributed by atoms with Crippen molar-refractivity contribution < 1.29 is 9.18 Å². The van der Waals surface area contributed by atoms with E-state index in [1.165, 1.54) is 29.8 Å². The lowest BCUT2D eigenvalue weighted by Gasteiger charge is -2.12. The second-order valence-electron chi connectivity index (χ2n) is 6.43. The number of aryl methyl sites for hydroxylation is 1. The van der Waals surface area contributed by atoms with Crippen LogP contribution in [0.4, 0.5) is 4.39 Å². The van der Waals surface area contributed by atoms with Crippen LogP contribution in [0, 0.1) is 5.82 Å². The number of carbonyl (C=O) groups is 1. The summed E-state index contributed by atoms with van der Waals surface area (Å²) in [6.07, 6.45) is 0. The van der Waals surface area contributed by atoms with Gasteiger partial charge >= 0.3 is 5.69 Å². The largest absolute Gasteiger partial charge is 0.332 e. The van der Waals surface area contributed by atoms with Crippen molar-refractivity contribution >= 4 is 28.7 Å². The van der Waals surface area contributed by atoms with Gasteiger partial charge in [-0.25, -0.2) is 14.2 Å². The lowest BCUT2D eigenvalue weighted by molar-refractivity contribution is 0.101. The maximum Gasteiger partial charge on any atom is 0.332 e. The Morgan fingerprint density at radius 2 is 1.85 bits per heavy atom. The van der Waals surface area contributed by atoms with Crippen LogP contribution in [0.15, 0.2) is 39.0 Å². The minimum Gasteiger partial charge on any atom is -0.311 e. The molecular weight excluding hydrogens is 371 g/mol. The molecule has 0 atom stereocenters. The van der Waals surface area contributed by atoms with Crippen LogP contribution in [0.2, 0.25) is 0 Å². The van der Waals surface area contributed by atoms with Crippen molar-refractivity contribution in [2.24, 2.45) is 14.1 Å². The average molecular weight is 390 g/mol. The Balaban J connectivity index is 2.06. The standard InChI is InChI=1S/C18H19FN4O3S/c1-10(2)23-14-15(21(3)18(26)22(4)16(14)25)20-17(23)27-9-13(24)11-7-5-6-8-12(11)19/h5-8,10H,9H2,1-4H3. The van der Waals surface area contributed by atoms with E-state index in [1.807, 2.05) is 13.8 Å². The number of imidazole rings is 1. The van der Waals surface area contributed by atoms with E-state index in [2.05, 4.69) is 4.98 Å². The molecule has 0 saturated carbocycles. The van der Waals surface area contributed by atoms with Crippen LogP contribution < -0.4 is 11.2 Å². The van der Waals surface area contributed by atoms with Crippen molar-refractivity contribution in [1.82, 2.24) is 18.7 Å². The predicted octanol–water partition coefficient (Wildman–Crippen LogP) is 2.13. The summed E-state index contributed by atoms with van der Waals surface area (Å²) in [5.74, 6) is -0.982. The highest BCUT2D eigenvalue weighted by atomic mass is 32.2. The molecule has 0 aliphatic carbocycles. The van der Waals surface area contributed by atoms with Gasteiger partial charge in [0, 0.05) is 20.1 Å². The van der Waals surface area contributed by atoms with Gasteiger partial charge in [0.25, 0.3) is 5.56 Å². The van der Waals surface area contributed by atoms with E-state index in [1.54, 1.807) is 17.7 Å². The molecule has 0 spiro atoms. The molecule has 0 radical (unpaired) electrons. The van der Waals surface area contributed by atoms with E-state index < -0.39 is 17.1 Å². The zero-order chi connectivity index (χ0) is 19.9. The SMILES string of the molecule is CC(C)n1c(SCC(=O)c2ccccc2F)nc2c1c(=O)n(C)c(=O)n2C. The fourth-order valence-corrected chi connectivity index (χ4v) is 3.88. The van der Waals surface area contributed by atoms with Gasteiger partial charge in [-0.15, -0.1) is 0 Å². The van der Waals surface area contributed by atoms with Gasteiger partial charge in [0.1, 0.15) is 5.82 Å². The summed E-state index contributed by atoms with van der Waals surface area (Å²) in [7, 11) is 2.96. The topological polar surface area (TPSA) is 78.9 Å². The second kappa shape index (κ2) is 7.15. The lowest BCUT2D eigenvalue weighted by Crippen LogP contribution is -2.37. The van der Waals surface area contributed by atoms with Crippen LogP contribution in [-0.2, 0) is 14.1 Å². The molecule has 0 fully saturated rings. The van der Waals surface area contributed by atoms with Crippen molar-refractivity contribution in [3.05, 3.63) is 56.5 Å². The van der Waals surface area contributed by atoms with Crippen molar-refractivity contribution in [1.29, 1.82) is 0 Å². The van der Waals surface area contributed by atoms with E-state index in [4.69, 9.17) is 0 Å². The molecule has 2 aromatic heterocycles. The van der Waals surface area contributed by atoms with Crippen molar-refractivity contribution in [3.8, 4) is 0 Å². The third kappa shape index (κ3) is 3.23. The van der Waals surface area contributed by atoms with Crippen LogP contribution in [0.25, 0.3) is 11.2 Å². The number of hydrogen-bond acceptors (Lipinski definition) is 5.